The molecule has 0 aliphatic carbocycles. The van der Waals surface area contributed by atoms with E-state index in [1.807, 2.05) is 0 Å². The third kappa shape index (κ3) is 3.69. The minimum atomic E-state index is -0.556. The van der Waals surface area contributed by atoms with Crippen molar-refractivity contribution in [3.05, 3.63) is 52.8 Å². The van der Waals surface area contributed by atoms with Crippen LogP contribution in [0.5, 0.6) is 11.5 Å². The molecule has 0 radical (unpaired) electrons. The summed E-state index contributed by atoms with van der Waals surface area (Å²) in [5.41, 5.74) is 0.0589. The lowest BCUT2D eigenvalue weighted by Crippen LogP contribution is -2.39. The zero-order valence-corrected chi connectivity index (χ0v) is 11.7. The van der Waals surface area contributed by atoms with Crippen LogP contribution in [0.15, 0.2) is 42.7 Å². The molecule has 0 spiro atoms. The van der Waals surface area contributed by atoms with E-state index in [-0.39, 0.29) is 23.7 Å². The Bertz CT molecular complexity index is 717. The van der Waals surface area contributed by atoms with Gasteiger partial charge >= 0.3 is 0 Å². The molecule has 0 fully saturated rings. The van der Waals surface area contributed by atoms with Gasteiger partial charge in [-0.05, 0) is 12.1 Å². The van der Waals surface area contributed by atoms with Crippen LogP contribution in [0.2, 0.25) is 0 Å². The molecule has 1 aromatic carbocycles. The third-order valence-corrected chi connectivity index (χ3v) is 2.84. The number of aromatic hydroxyl groups is 1. The molecule has 0 saturated carbocycles. The Labute approximate surface area is 125 Å². The number of pyridine rings is 1. The Kier molecular flexibility index (Phi) is 4.52. The Morgan fingerprint density at radius 1 is 1.45 bits per heavy atom. The van der Waals surface area contributed by atoms with Crippen LogP contribution in [-0.4, -0.2) is 23.0 Å². The summed E-state index contributed by atoms with van der Waals surface area (Å²) in [5, 5.41) is 22.7. The van der Waals surface area contributed by atoms with E-state index in [2.05, 4.69) is 5.32 Å². The fourth-order valence-electron chi connectivity index (χ4n) is 1.87. The van der Waals surface area contributed by atoms with Gasteiger partial charge in [0.1, 0.15) is 5.75 Å². The van der Waals surface area contributed by atoms with Gasteiger partial charge in [0, 0.05) is 18.2 Å². The first kappa shape index (κ1) is 15.2. The summed E-state index contributed by atoms with van der Waals surface area (Å²) in [5.74, 6) is -0.0579. The predicted molar refractivity (Wildman–Crippen MR) is 76.6 cm³/mol. The number of anilines is 1. The number of nitrogens with one attached hydrogen (secondary N) is 1. The van der Waals surface area contributed by atoms with Crippen molar-refractivity contribution >= 4 is 17.3 Å². The quantitative estimate of drug-likeness (QED) is 0.491. The lowest BCUT2D eigenvalue weighted by Gasteiger charge is -2.08. The summed E-state index contributed by atoms with van der Waals surface area (Å²) < 4.78 is 6.55. The standard InChI is InChI=1S/C14H13N3O5/c1-22-13-5-4-10(17(20)21)7-12(13)15-14(19)9-16-6-2-3-11(18)8-16/h2-8H,9H2,1H3,(H-,15,18,19)/p+1. The van der Waals surface area contributed by atoms with E-state index in [9.17, 15) is 20.0 Å². The highest BCUT2D eigenvalue weighted by molar-refractivity contribution is 5.91. The number of nitro benzene ring substituents is 1. The summed E-state index contributed by atoms with van der Waals surface area (Å²) in [4.78, 5) is 22.2. The van der Waals surface area contributed by atoms with Gasteiger partial charge in [-0.1, -0.05) is 0 Å². The smallest absolute Gasteiger partial charge is 0.290 e. The zero-order chi connectivity index (χ0) is 16.1. The Hall–Kier alpha value is -3.16. The normalized spacial score (nSPS) is 10.0. The van der Waals surface area contributed by atoms with E-state index in [1.54, 1.807) is 12.3 Å². The van der Waals surface area contributed by atoms with Gasteiger partial charge in [0.15, 0.2) is 11.9 Å². The van der Waals surface area contributed by atoms with Crippen LogP contribution in [0.3, 0.4) is 0 Å². The number of ether oxygens (including phenoxy) is 1. The number of methoxy groups -OCH3 is 1. The number of carbonyl (C=O) groups excluding carboxylic acids is 1. The number of amides is 1. The molecule has 2 rings (SSSR count). The molecule has 114 valence electrons. The second kappa shape index (κ2) is 6.53. The number of carbonyl (C=O) groups is 1. The molecule has 0 unspecified atom stereocenters. The second-order valence-electron chi connectivity index (χ2n) is 4.42. The van der Waals surface area contributed by atoms with Crippen LogP contribution in [0.4, 0.5) is 11.4 Å². The van der Waals surface area contributed by atoms with E-state index < -0.39 is 10.8 Å². The molecule has 1 heterocycles. The average Bonchev–Trinajstić information content (AvgIpc) is 2.47. The highest BCUT2D eigenvalue weighted by Crippen LogP contribution is 2.28. The number of non-ortho nitro benzene ring substituents is 1. The van der Waals surface area contributed by atoms with Crippen molar-refractivity contribution in [3.8, 4) is 11.5 Å². The van der Waals surface area contributed by atoms with Gasteiger partial charge in [0.25, 0.3) is 11.6 Å². The van der Waals surface area contributed by atoms with Crippen molar-refractivity contribution in [1.82, 2.24) is 0 Å². The van der Waals surface area contributed by atoms with Gasteiger partial charge in [-0.25, -0.2) is 0 Å². The molecule has 1 amide bonds. The molecule has 8 heteroatoms. The number of nitrogens with zero attached hydrogens (tertiary/aromatic N) is 2. The average molecular weight is 304 g/mol. The topological polar surface area (TPSA) is 106 Å². The minimum absolute atomic E-state index is 0.0308. The number of hydrogen-bond donors (Lipinski definition) is 2. The summed E-state index contributed by atoms with van der Waals surface area (Å²) in [6, 6.07) is 7.01. The molecule has 2 aromatic rings. The monoisotopic (exact) mass is 304 g/mol. The molecule has 8 nitrogen and oxygen atoms in total. The largest absolute Gasteiger partial charge is 0.503 e. The molecule has 1 aromatic heterocycles. The van der Waals surface area contributed by atoms with Gasteiger partial charge in [-0.3, -0.25) is 14.9 Å². The molecule has 2 N–H and O–H groups in total. The van der Waals surface area contributed by atoms with Crippen molar-refractivity contribution < 1.29 is 24.1 Å². The SMILES string of the molecule is COc1ccc([N+](=O)[O-])cc1NC(=O)C[n+]1cccc(O)c1. The van der Waals surface area contributed by atoms with E-state index in [0.29, 0.717) is 5.75 Å². The first-order chi connectivity index (χ1) is 10.5. The summed E-state index contributed by atoms with van der Waals surface area (Å²) >= 11 is 0. The Balaban J connectivity index is 2.16. The molecule has 22 heavy (non-hydrogen) atoms. The number of rotatable bonds is 5. The van der Waals surface area contributed by atoms with Crippen molar-refractivity contribution in [2.75, 3.05) is 12.4 Å². The number of benzene rings is 1. The van der Waals surface area contributed by atoms with Crippen LogP contribution < -0.4 is 14.6 Å². The van der Waals surface area contributed by atoms with E-state index in [1.165, 1.54) is 42.1 Å². The van der Waals surface area contributed by atoms with E-state index in [0.717, 1.165) is 0 Å². The van der Waals surface area contributed by atoms with E-state index >= 15 is 0 Å². The Morgan fingerprint density at radius 3 is 2.86 bits per heavy atom. The van der Waals surface area contributed by atoms with Gasteiger partial charge in [-0.15, -0.1) is 0 Å². The Morgan fingerprint density at radius 2 is 2.23 bits per heavy atom. The molecule has 0 aliphatic heterocycles. The molecule has 0 atom stereocenters. The molecular weight excluding hydrogens is 290 g/mol. The number of hydrogen-bond acceptors (Lipinski definition) is 5. The number of aromatic nitrogens is 1. The van der Waals surface area contributed by atoms with Crippen molar-refractivity contribution in [2.45, 2.75) is 6.54 Å². The van der Waals surface area contributed by atoms with Crippen LogP contribution in [0.25, 0.3) is 0 Å². The van der Waals surface area contributed by atoms with Crippen molar-refractivity contribution in [3.63, 3.8) is 0 Å². The van der Waals surface area contributed by atoms with Crippen molar-refractivity contribution in [2.24, 2.45) is 0 Å². The lowest BCUT2D eigenvalue weighted by molar-refractivity contribution is -0.684. The van der Waals surface area contributed by atoms with Gasteiger partial charge < -0.3 is 15.2 Å². The summed E-state index contributed by atoms with van der Waals surface area (Å²) in [6.07, 6.45) is 3.01. The molecule has 0 aliphatic rings. The maximum atomic E-state index is 12.0. The highest BCUT2D eigenvalue weighted by Gasteiger charge is 2.16. The van der Waals surface area contributed by atoms with Crippen LogP contribution in [0, 0.1) is 10.1 Å². The third-order valence-electron chi connectivity index (χ3n) is 2.84. The predicted octanol–water partition coefficient (Wildman–Crippen LogP) is 1.24. The first-order valence-corrected chi connectivity index (χ1v) is 6.30. The number of nitro groups is 1. The maximum Gasteiger partial charge on any atom is 0.290 e. The van der Waals surface area contributed by atoms with Gasteiger partial charge in [-0.2, -0.15) is 4.57 Å². The molecule has 0 bridgehead atoms. The second-order valence-corrected chi connectivity index (χ2v) is 4.42. The van der Waals surface area contributed by atoms with Gasteiger partial charge in [0.05, 0.1) is 17.7 Å². The fraction of sp³-hybridized carbons (Fsp3) is 0.143. The lowest BCUT2D eigenvalue weighted by atomic mass is 10.2. The first-order valence-electron chi connectivity index (χ1n) is 6.30. The van der Waals surface area contributed by atoms with Crippen molar-refractivity contribution in [1.29, 1.82) is 0 Å². The fourth-order valence-corrected chi connectivity index (χ4v) is 1.87. The summed E-state index contributed by atoms with van der Waals surface area (Å²) in [6.45, 7) is -0.0553. The van der Waals surface area contributed by atoms with Gasteiger partial charge in [0.2, 0.25) is 12.7 Å². The zero-order valence-electron chi connectivity index (χ0n) is 11.7. The van der Waals surface area contributed by atoms with Crippen LogP contribution in [-0.2, 0) is 11.3 Å². The summed E-state index contributed by atoms with van der Waals surface area (Å²) in [7, 11) is 1.40. The molecular formula is C14H14N3O5+. The minimum Gasteiger partial charge on any atom is -0.503 e. The van der Waals surface area contributed by atoms with E-state index in [4.69, 9.17) is 4.74 Å². The maximum absolute atomic E-state index is 12.0. The van der Waals surface area contributed by atoms with Crippen LogP contribution in [0.1, 0.15) is 0 Å². The van der Waals surface area contributed by atoms with Crippen LogP contribution >= 0.6 is 0 Å². The molecule has 0 saturated heterocycles. The highest BCUT2D eigenvalue weighted by atomic mass is 16.6.